The SMILES string of the molecule is CC(C)CNC(=O)C(C)OC(=O)C(C)Oc1cccc(Cl)c1. The van der Waals surface area contributed by atoms with E-state index < -0.39 is 18.2 Å². The van der Waals surface area contributed by atoms with Crippen LogP contribution >= 0.6 is 11.6 Å². The van der Waals surface area contributed by atoms with Crippen molar-refractivity contribution in [3.8, 4) is 5.75 Å². The first-order valence-corrected chi connectivity index (χ1v) is 7.57. The minimum atomic E-state index is -0.864. The Hall–Kier alpha value is -1.75. The van der Waals surface area contributed by atoms with Crippen LogP contribution in [-0.2, 0) is 14.3 Å². The largest absolute Gasteiger partial charge is 0.479 e. The van der Waals surface area contributed by atoms with Crippen molar-refractivity contribution in [2.24, 2.45) is 5.92 Å². The molecule has 2 unspecified atom stereocenters. The number of carbonyl (C=O) groups is 2. The van der Waals surface area contributed by atoms with E-state index in [-0.39, 0.29) is 5.91 Å². The van der Waals surface area contributed by atoms with E-state index in [1.165, 1.54) is 6.92 Å². The van der Waals surface area contributed by atoms with Crippen molar-refractivity contribution < 1.29 is 19.1 Å². The highest BCUT2D eigenvalue weighted by Crippen LogP contribution is 2.18. The second-order valence-electron chi connectivity index (χ2n) is 5.44. The zero-order valence-corrected chi connectivity index (χ0v) is 14.0. The van der Waals surface area contributed by atoms with E-state index in [0.29, 0.717) is 23.2 Å². The number of halogens is 1. The predicted octanol–water partition coefficient (Wildman–Crippen LogP) is 2.81. The van der Waals surface area contributed by atoms with Crippen molar-refractivity contribution >= 4 is 23.5 Å². The van der Waals surface area contributed by atoms with Gasteiger partial charge in [0.2, 0.25) is 0 Å². The molecule has 0 aliphatic rings. The highest BCUT2D eigenvalue weighted by molar-refractivity contribution is 6.30. The molecule has 2 atom stereocenters. The minimum Gasteiger partial charge on any atom is -0.479 e. The normalized spacial score (nSPS) is 13.4. The molecule has 1 rings (SSSR count). The molecule has 0 fully saturated rings. The monoisotopic (exact) mass is 327 g/mol. The van der Waals surface area contributed by atoms with Crippen LogP contribution in [-0.4, -0.2) is 30.6 Å². The van der Waals surface area contributed by atoms with Crippen LogP contribution in [0.5, 0.6) is 5.75 Å². The van der Waals surface area contributed by atoms with Crippen molar-refractivity contribution in [1.82, 2.24) is 5.32 Å². The van der Waals surface area contributed by atoms with Crippen LogP contribution < -0.4 is 10.1 Å². The molecule has 1 aromatic rings. The number of benzene rings is 1. The van der Waals surface area contributed by atoms with Crippen LogP contribution in [0, 0.1) is 5.92 Å². The first kappa shape index (κ1) is 18.3. The smallest absolute Gasteiger partial charge is 0.347 e. The Bertz CT molecular complexity index is 519. The number of rotatable bonds is 7. The van der Waals surface area contributed by atoms with Crippen LogP contribution in [0.4, 0.5) is 0 Å². The molecule has 5 nitrogen and oxygen atoms in total. The van der Waals surface area contributed by atoms with Gasteiger partial charge in [0.25, 0.3) is 5.91 Å². The van der Waals surface area contributed by atoms with Gasteiger partial charge >= 0.3 is 5.97 Å². The maximum absolute atomic E-state index is 11.9. The molecule has 0 aliphatic heterocycles. The van der Waals surface area contributed by atoms with Crippen molar-refractivity contribution in [3.05, 3.63) is 29.3 Å². The van der Waals surface area contributed by atoms with Crippen LogP contribution in [0.3, 0.4) is 0 Å². The summed E-state index contributed by atoms with van der Waals surface area (Å²) in [4.78, 5) is 23.7. The topological polar surface area (TPSA) is 64.6 Å². The first-order chi connectivity index (χ1) is 10.3. The number of nitrogens with one attached hydrogen (secondary N) is 1. The minimum absolute atomic E-state index is 0.322. The summed E-state index contributed by atoms with van der Waals surface area (Å²) in [5.41, 5.74) is 0. The van der Waals surface area contributed by atoms with E-state index in [1.54, 1.807) is 31.2 Å². The molecule has 22 heavy (non-hydrogen) atoms. The van der Waals surface area contributed by atoms with Gasteiger partial charge in [-0.15, -0.1) is 0 Å². The Balaban J connectivity index is 2.48. The summed E-state index contributed by atoms with van der Waals surface area (Å²) in [5, 5.41) is 3.22. The van der Waals surface area contributed by atoms with Gasteiger partial charge in [0.15, 0.2) is 12.2 Å². The van der Waals surface area contributed by atoms with E-state index >= 15 is 0 Å². The summed E-state index contributed by atoms with van der Waals surface area (Å²) in [7, 11) is 0. The molecule has 0 saturated carbocycles. The highest BCUT2D eigenvalue weighted by Gasteiger charge is 2.23. The van der Waals surface area contributed by atoms with E-state index in [2.05, 4.69) is 5.32 Å². The van der Waals surface area contributed by atoms with Crippen molar-refractivity contribution in [2.75, 3.05) is 6.54 Å². The number of carbonyl (C=O) groups excluding carboxylic acids is 2. The fourth-order valence-corrected chi connectivity index (χ4v) is 1.74. The molecule has 1 amide bonds. The second kappa shape index (κ2) is 8.63. The lowest BCUT2D eigenvalue weighted by Gasteiger charge is -2.18. The summed E-state index contributed by atoms with van der Waals surface area (Å²) < 4.78 is 10.5. The fraction of sp³-hybridized carbons (Fsp3) is 0.500. The van der Waals surface area contributed by atoms with Crippen LogP contribution in [0.15, 0.2) is 24.3 Å². The van der Waals surface area contributed by atoms with Gasteiger partial charge in [0, 0.05) is 11.6 Å². The average molecular weight is 328 g/mol. The molecule has 0 aromatic heterocycles. The zero-order valence-electron chi connectivity index (χ0n) is 13.3. The Morgan fingerprint density at radius 1 is 1.18 bits per heavy atom. The molecule has 6 heteroatoms. The van der Waals surface area contributed by atoms with Gasteiger partial charge < -0.3 is 14.8 Å². The van der Waals surface area contributed by atoms with E-state index in [1.807, 2.05) is 13.8 Å². The standard InChI is InChI=1S/C16H22ClNO4/c1-10(2)9-18-15(19)11(3)22-16(20)12(4)21-14-7-5-6-13(17)8-14/h5-8,10-12H,9H2,1-4H3,(H,18,19). The number of hydrogen-bond donors (Lipinski definition) is 1. The van der Waals surface area contributed by atoms with Gasteiger partial charge in [-0.2, -0.15) is 0 Å². The number of amides is 1. The quantitative estimate of drug-likeness (QED) is 0.782. The number of hydrogen-bond acceptors (Lipinski definition) is 4. The van der Waals surface area contributed by atoms with E-state index in [9.17, 15) is 9.59 Å². The lowest BCUT2D eigenvalue weighted by atomic mass is 10.2. The van der Waals surface area contributed by atoms with Crippen LogP contribution in [0.25, 0.3) is 0 Å². The Morgan fingerprint density at radius 2 is 1.86 bits per heavy atom. The van der Waals surface area contributed by atoms with Crippen molar-refractivity contribution in [1.29, 1.82) is 0 Å². The van der Waals surface area contributed by atoms with E-state index in [4.69, 9.17) is 21.1 Å². The van der Waals surface area contributed by atoms with Crippen LogP contribution in [0.2, 0.25) is 5.02 Å². The number of ether oxygens (including phenoxy) is 2. The molecular weight excluding hydrogens is 306 g/mol. The molecule has 122 valence electrons. The van der Waals surface area contributed by atoms with Crippen molar-refractivity contribution in [2.45, 2.75) is 39.9 Å². The van der Waals surface area contributed by atoms with Gasteiger partial charge in [-0.1, -0.05) is 31.5 Å². The average Bonchev–Trinajstić information content (AvgIpc) is 2.44. The number of esters is 1. The highest BCUT2D eigenvalue weighted by atomic mass is 35.5. The maximum atomic E-state index is 11.9. The molecule has 0 spiro atoms. The lowest BCUT2D eigenvalue weighted by molar-refractivity contribution is -0.160. The molecule has 1 aromatic carbocycles. The zero-order chi connectivity index (χ0) is 16.7. The Labute approximate surface area is 135 Å². The molecule has 1 N–H and O–H groups in total. The van der Waals surface area contributed by atoms with Gasteiger partial charge in [-0.25, -0.2) is 4.79 Å². The predicted molar refractivity (Wildman–Crippen MR) is 84.9 cm³/mol. The summed E-state index contributed by atoms with van der Waals surface area (Å²) in [5.74, 6) is -0.130. The second-order valence-corrected chi connectivity index (χ2v) is 5.87. The molecule has 0 aliphatic carbocycles. The third kappa shape index (κ3) is 6.35. The Morgan fingerprint density at radius 3 is 2.45 bits per heavy atom. The van der Waals surface area contributed by atoms with Gasteiger partial charge in [0.1, 0.15) is 5.75 Å². The summed E-state index contributed by atoms with van der Waals surface area (Å²) >= 11 is 5.84. The summed E-state index contributed by atoms with van der Waals surface area (Å²) in [6.45, 7) is 7.59. The third-order valence-corrected chi connectivity index (χ3v) is 3.02. The fourth-order valence-electron chi connectivity index (χ4n) is 1.56. The molecule has 0 bridgehead atoms. The molecule has 0 saturated heterocycles. The van der Waals surface area contributed by atoms with Gasteiger partial charge in [-0.05, 0) is 38.0 Å². The van der Waals surface area contributed by atoms with E-state index in [0.717, 1.165) is 0 Å². The van der Waals surface area contributed by atoms with Crippen LogP contribution in [0.1, 0.15) is 27.7 Å². The maximum Gasteiger partial charge on any atom is 0.347 e. The van der Waals surface area contributed by atoms with Gasteiger partial charge in [-0.3, -0.25) is 4.79 Å². The molecule has 0 heterocycles. The van der Waals surface area contributed by atoms with Gasteiger partial charge in [0.05, 0.1) is 0 Å². The van der Waals surface area contributed by atoms with Crippen molar-refractivity contribution in [3.63, 3.8) is 0 Å². The lowest BCUT2D eigenvalue weighted by Crippen LogP contribution is -2.40. The summed E-state index contributed by atoms with van der Waals surface area (Å²) in [6.07, 6.45) is -1.70. The Kier molecular flexibility index (Phi) is 7.18. The summed E-state index contributed by atoms with van der Waals surface area (Å²) in [6, 6.07) is 6.72. The first-order valence-electron chi connectivity index (χ1n) is 7.20. The third-order valence-electron chi connectivity index (χ3n) is 2.79. The molecule has 0 radical (unpaired) electrons. The molecular formula is C16H22ClNO4.